The molecule has 0 saturated carbocycles. The number of benzene rings is 2. The second-order valence-corrected chi connectivity index (χ2v) is 9.70. The number of para-hydroxylation sites is 1. The number of carbonyl (C=O) groups excluding carboxylic acids is 2. The zero-order valence-electron chi connectivity index (χ0n) is 22.8. The lowest BCUT2D eigenvalue weighted by atomic mass is 10.0. The van der Waals surface area contributed by atoms with Crippen LogP contribution in [0.3, 0.4) is 0 Å². The van der Waals surface area contributed by atoms with Crippen molar-refractivity contribution < 1.29 is 37.0 Å². The fourth-order valence-corrected chi connectivity index (χ4v) is 5.20. The van der Waals surface area contributed by atoms with Crippen molar-refractivity contribution >= 4 is 23.7 Å². The monoisotopic (exact) mass is 596 g/mol. The van der Waals surface area contributed by atoms with Crippen molar-refractivity contribution in [2.75, 3.05) is 21.3 Å². The number of aryl methyl sites for hydroxylation is 1. The minimum atomic E-state index is -4.69. The van der Waals surface area contributed by atoms with E-state index < -0.39 is 23.8 Å². The zero-order valence-corrected chi connectivity index (χ0v) is 23.6. The summed E-state index contributed by atoms with van der Waals surface area (Å²) in [6, 6.07) is 16.2. The van der Waals surface area contributed by atoms with Crippen LogP contribution in [0.15, 0.2) is 59.6 Å². The molecule has 0 spiro atoms. The second kappa shape index (κ2) is 12.4. The third kappa shape index (κ3) is 5.94. The lowest BCUT2D eigenvalue weighted by molar-refractivity contribution is -0.141. The molecule has 0 atom stereocenters. The summed E-state index contributed by atoms with van der Waals surface area (Å²) in [5.41, 5.74) is 0.253. The van der Waals surface area contributed by atoms with Gasteiger partial charge in [-0.05, 0) is 48.9 Å². The average Bonchev–Trinajstić information content (AvgIpc) is 3.39. The van der Waals surface area contributed by atoms with Gasteiger partial charge in [-0.25, -0.2) is 19.3 Å². The van der Waals surface area contributed by atoms with Crippen LogP contribution >= 0.6 is 11.8 Å². The molecule has 9 nitrogen and oxygen atoms in total. The van der Waals surface area contributed by atoms with Crippen LogP contribution in [0.5, 0.6) is 5.75 Å². The van der Waals surface area contributed by atoms with E-state index >= 15 is 0 Å². The molecule has 0 radical (unpaired) electrons. The Morgan fingerprint density at radius 2 is 1.71 bits per heavy atom. The molecule has 0 amide bonds. The molecule has 2 heterocycles. The van der Waals surface area contributed by atoms with Gasteiger partial charge >= 0.3 is 18.1 Å². The van der Waals surface area contributed by atoms with E-state index in [1.54, 1.807) is 48.5 Å². The highest BCUT2D eigenvalue weighted by Crippen LogP contribution is 2.37. The normalized spacial score (nSPS) is 11.1. The van der Waals surface area contributed by atoms with Crippen LogP contribution in [-0.4, -0.2) is 48.0 Å². The summed E-state index contributed by atoms with van der Waals surface area (Å²) >= 11 is 0.926. The van der Waals surface area contributed by atoms with Gasteiger partial charge in [0.15, 0.2) is 5.69 Å². The van der Waals surface area contributed by atoms with Crippen molar-refractivity contribution in [1.29, 1.82) is 5.26 Å². The Kier molecular flexibility index (Phi) is 8.87. The van der Waals surface area contributed by atoms with Crippen LogP contribution in [0.2, 0.25) is 0 Å². The van der Waals surface area contributed by atoms with Gasteiger partial charge in [0.05, 0.1) is 32.6 Å². The van der Waals surface area contributed by atoms with Crippen LogP contribution < -0.4 is 4.74 Å². The molecule has 0 bridgehead atoms. The Labute approximate surface area is 242 Å². The summed E-state index contributed by atoms with van der Waals surface area (Å²) in [6.45, 7) is 1.41. The topological polar surface area (TPSA) is 116 Å². The maximum absolute atomic E-state index is 13.4. The molecule has 0 N–H and O–H groups in total. The second-order valence-electron chi connectivity index (χ2n) is 8.73. The summed E-state index contributed by atoms with van der Waals surface area (Å²) in [5, 5.41) is 14.1. The van der Waals surface area contributed by atoms with E-state index in [0.717, 1.165) is 17.8 Å². The largest absolute Gasteiger partial charge is 0.496 e. The highest BCUT2D eigenvalue weighted by molar-refractivity contribution is 7.98. The number of ether oxygens (including phenoxy) is 3. The Morgan fingerprint density at radius 3 is 2.31 bits per heavy atom. The molecule has 2 aromatic carbocycles. The fourth-order valence-electron chi connectivity index (χ4n) is 4.17. The fraction of sp³-hybridized carbons (Fsp3) is 0.207. The highest BCUT2D eigenvalue weighted by Gasteiger charge is 2.34. The first-order valence-corrected chi connectivity index (χ1v) is 13.2. The first-order chi connectivity index (χ1) is 20.0. The number of thioether (sulfide) groups is 1. The minimum Gasteiger partial charge on any atom is -0.496 e. The number of nitrogens with zero attached hydrogens (tertiary/aromatic N) is 4. The van der Waals surface area contributed by atoms with Gasteiger partial charge in [-0.1, -0.05) is 18.2 Å². The number of methoxy groups -OCH3 is 3. The van der Waals surface area contributed by atoms with E-state index in [1.165, 1.54) is 32.9 Å². The number of esters is 2. The van der Waals surface area contributed by atoms with Gasteiger partial charge < -0.3 is 14.2 Å². The maximum Gasteiger partial charge on any atom is 0.433 e. The van der Waals surface area contributed by atoms with Gasteiger partial charge in [-0.15, -0.1) is 11.8 Å². The van der Waals surface area contributed by atoms with Gasteiger partial charge in [-0.2, -0.15) is 23.5 Å². The summed E-state index contributed by atoms with van der Waals surface area (Å²) in [6.07, 6.45) is -4.69. The minimum absolute atomic E-state index is 0.0282. The molecule has 0 aliphatic rings. The predicted octanol–water partition coefficient (Wildman–Crippen LogP) is 6.01. The molecular weight excluding hydrogens is 573 g/mol. The van der Waals surface area contributed by atoms with Crippen LogP contribution in [-0.2, 0) is 21.4 Å². The quantitative estimate of drug-likeness (QED) is 0.178. The van der Waals surface area contributed by atoms with Gasteiger partial charge in [0.2, 0.25) is 0 Å². The van der Waals surface area contributed by atoms with Crippen molar-refractivity contribution in [3.8, 4) is 28.8 Å². The molecule has 2 aromatic heterocycles. The van der Waals surface area contributed by atoms with E-state index in [2.05, 4.69) is 10.1 Å². The molecule has 0 saturated heterocycles. The average molecular weight is 597 g/mol. The number of pyridine rings is 1. The van der Waals surface area contributed by atoms with Crippen molar-refractivity contribution in [2.24, 2.45) is 0 Å². The lowest BCUT2D eigenvalue weighted by Gasteiger charge is -2.13. The molecular formula is C29H23F3N4O5S. The van der Waals surface area contributed by atoms with Crippen LogP contribution in [0, 0.1) is 18.3 Å². The van der Waals surface area contributed by atoms with Crippen molar-refractivity contribution in [2.45, 2.75) is 23.9 Å². The van der Waals surface area contributed by atoms with Gasteiger partial charge in [0, 0.05) is 16.9 Å². The molecule has 0 unspecified atom stereocenters. The van der Waals surface area contributed by atoms with Crippen LogP contribution in [0.25, 0.3) is 16.9 Å². The standard InChI is InChI=1S/C29H23F3N4O5S/c1-16-12-22(29(30,31)32)34-26(20(16)14-33)42-15-18-13-17(10-11-21(18)39-2)24-23(27(37)40-3)25(28(38)41-4)36(35-24)19-8-6-5-7-9-19/h5-13H,15H2,1-4H3. The Balaban J connectivity index is 1.85. The summed E-state index contributed by atoms with van der Waals surface area (Å²) in [7, 11) is 3.77. The van der Waals surface area contributed by atoms with E-state index in [0.29, 0.717) is 22.6 Å². The number of aromatic nitrogens is 3. The summed E-state index contributed by atoms with van der Waals surface area (Å²) < 4.78 is 56.9. The number of halogens is 3. The third-order valence-electron chi connectivity index (χ3n) is 6.16. The van der Waals surface area contributed by atoms with Gasteiger partial charge in [0.25, 0.3) is 0 Å². The molecule has 0 aliphatic carbocycles. The molecule has 0 aliphatic heterocycles. The molecule has 0 fully saturated rings. The summed E-state index contributed by atoms with van der Waals surface area (Å²) in [5.74, 6) is -1.21. The Hall–Kier alpha value is -4.83. The smallest absolute Gasteiger partial charge is 0.433 e. The maximum atomic E-state index is 13.4. The van der Waals surface area contributed by atoms with E-state index in [-0.39, 0.29) is 38.9 Å². The first kappa shape index (κ1) is 30.1. The Morgan fingerprint density at radius 1 is 1.02 bits per heavy atom. The first-order valence-electron chi connectivity index (χ1n) is 12.2. The van der Waals surface area contributed by atoms with Crippen molar-refractivity contribution in [1.82, 2.24) is 14.8 Å². The number of nitriles is 1. The highest BCUT2D eigenvalue weighted by atomic mass is 32.2. The molecule has 4 rings (SSSR count). The number of hydrogen-bond acceptors (Lipinski definition) is 9. The molecule has 42 heavy (non-hydrogen) atoms. The Bertz CT molecular complexity index is 1700. The van der Waals surface area contributed by atoms with Crippen LogP contribution in [0.4, 0.5) is 13.2 Å². The van der Waals surface area contributed by atoms with Crippen LogP contribution in [0.1, 0.15) is 43.2 Å². The molecule has 216 valence electrons. The molecule has 13 heteroatoms. The number of hydrogen-bond donors (Lipinski definition) is 0. The third-order valence-corrected chi connectivity index (χ3v) is 7.18. The van der Waals surface area contributed by atoms with E-state index in [1.807, 2.05) is 6.07 Å². The van der Waals surface area contributed by atoms with Gasteiger partial charge in [-0.3, -0.25) is 0 Å². The predicted molar refractivity (Wildman–Crippen MR) is 146 cm³/mol. The van der Waals surface area contributed by atoms with E-state index in [9.17, 15) is 28.0 Å². The van der Waals surface area contributed by atoms with Crippen molar-refractivity contribution in [3.63, 3.8) is 0 Å². The van der Waals surface area contributed by atoms with Gasteiger partial charge in [0.1, 0.15) is 33.8 Å². The van der Waals surface area contributed by atoms with Crippen molar-refractivity contribution in [3.05, 3.63) is 88.2 Å². The van der Waals surface area contributed by atoms with E-state index in [4.69, 9.17) is 14.2 Å². The zero-order chi connectivity index (χ0) is 30.6. The number of alkyl halides is 3. The SMILES string of the molecule is COC(=O)c1c(-c2ccc(OC)c(CSc3nc(C(F)(F)F)cc(C)c3C#N)c2)nn(-c2ccccc2)c1C(=O)OC. The lowest BCUT2D eigenvalue weighted by Crippen LogP contribution is -2.15. The summed E-state index contributed by atoms with van der Waals surface area (Å²) in [4.78, 5) is 29.6. The number of rotatable bonds is 8. The molecule has 4 aromatic rings. The number of carbonyl (C=O) groups is 2.